The summed E-state index contributed by atoms with van der Waals surface area (Å²) in [4.78, 5) is 22.0. The van der Waals surface area contributed by atoms with E-state index in [0.29, 0.717) is 30.2 Å². The number of carbonyl (C=O) groups excluding carboxylic acids is 1. The van der Waals surface area contributed by atoms with Gasteiger partial charge in [-0.1, -0.05) is 0 Å². The van der Waals surface area contributed by atoms with E-state index in [1.54, 1.807) is 0 Å². The zero-order valence-corrected chi connectivity index (χ0v) is 10.9. The lowest BCUT2D eigenvalue weighted by molar-refractivity contribution is -0.115. The zero-order chi connectivity index (χ0) is 12.6. The minimum Gasteiger partial charge on any atom is -0.352 e. The summed E-state index contributed by atoms with van der Waals surface area (Å²) in [6.07, 6.45) is 0.450. The summed E-state index contributed by atoms with van der Waals surface area (Å²) >= 11 is 5.88. The van der Waals surface area contributed by atoms with E-state index < -0.39 is 0 Å². The Labute approximate surface area is 105 Å². The van der Waals surface area contributed by atoms with Crippen LogP contribution in [0, 0.1) is 6.92 Å². The van der Waals surface area contributed by atoms with Gasteiger partial charge in [0, 0.05) is 19.0 Å². The molecule has 0 unspecified atom stereocenters. The maximum absolute atomic E-state index is 11.6. The first-order valence-electron chi connectivity index (χ1n) is 5.59. The fourth-order valence-electron chi connectivity index (χ4n) is 1.91. The van der Waals surface area contributed by atoms with Crippen molar-refractivity contribution >= 4 is 29.0 Å². The van der Waals surface area contributed by atoms with Crippen LogP contribution in [-0.2, 0) is 4.79 Å². The fraction of sp³-hybridized carbons (Fsp3) is 0.545. The topological polar surface area (TPSA) is 58.1 Å². The number of nitrogens with one attached hydrogen (secondary N) is 1. The van der Waals surface area contributed by atoms with Crippen molar-refractivity contribution in [3.8, 4) is 0 Å². The fourth-order valence-corrected chi connectivity index (χ4v) is 2.12. The molecule has 0 aliphatic carbocycles. The molecule has 1 N–H and O–H groups in total. The second-order valence-electron chi connectivity index (χ2n) is 4.36. The molecule has 5 nitrogen and oxygen atoms in total. The van der Waals surface area contributed by atoms with Gasteiger partial charge in [-0.3, -0.25) is 4.79 Å². The number of hydrogen-bond acceptors (Lipinski definition) is 4. The first-order valence-corrected chi connectivity index (χ1v) is 5.97. The Balaban J connectivity index is 2.56. The van der Waals surface area contributed by atoms with Crippen molar-refractivity contribution in [1.29, 1.82) is 0 Å². The Morgan fingerprint density at radius 2 is 2.12 bits per heavy atom. The standard InChI is InChI=1S/C11H15ClN4O/c1-6(2)16-5-4-8(17)14-9-7(3)13-11(12)15-10(9)16/h6H,4-5H2,1-3H3,(H,14,17). The lowest BCUT2D eigenvalue weighted by atomic mass is 10.2. The number of halogens is 1. The number of aromatic nitrogens is 2. The maximum atomic E-state index is 11.6. The van der Waals surface area contributed by atoms with Crippen LogP contribution in [0.5, 0.6) is 0 Å². The molecule has 1 aromatic heterocycles. The van der Waals surface area contributed by atoms with Gasteiger partial charge in [-0.2, -0.15) is 4.98 Å². The van der Waals surface area contributed by atoms with Crippen molar-refractivity contribution in [3.63, 3.8) is 0 Å². The second kappa shape index (κ2) is 4.49. The molecule has 0 aromatic carbocycles. The van der Waals surface area contributed by atoms with Gasteiger partial charge in [-0.25, -0.2) is 4.98 Å². The molecule has 2 rings (SSSR count). The molecule has 0 spiro atoms. The minimum absolute atomic E-state index is 0.0107. The largest absolute Gasteiger partial charge is 0.352 e. The Hall–Kier alpha value is -1.36. The van der Waals surface area contributed by atoms with Crippen molar-refractivity contribution in [1.82, 2.24) is 9.97 Å². The normalized spacial score (nSPS) is 15.6. The molecule has 0 bridgehead atoms. The Bertz CT molecular complexity index is 461. The third kappa shape index (κ3) is 2.34. The summed E-state index contributed by atoms with van der Waals surface area (Å²) in [5, 5.41) is 3.05. The van der Waals surface area contributed by atoms with Crippen molar-refractivity contribution in [2.24, 2.45) is 0 Å². The number of rotatable bonds is 1. The van der Waals surface area contributed by atoms with Gasteiger partial charge in [0.05, 0.1) is 5.69 Å². The van der Waals surface area contributed by atoms with Gasteiger partial charge in [0.2, 0.25) is 11.2 Å². The van der Waals surface area contributed by atoms with E-state index in [0.717, 1.165) is 0 Å². The number of fused-ring (bicyclic) bond motifs is 1. The van der Waals surface area contributed by atoms with E-state index in [1.807, 2.05) is 6.92 Å². The second-order valence-corrected chi connectivity index (χ2v) is 4.70. The van der Waals surface area contributed by atoms with Gasteiger partial charge in [0.15, 0.2) is 5.82 Å². The van der Waals surface area contributed by atoms with Crippen LogP contribution in [0.1, 0.15) is 26.0 Å². The van der Waals surface area contributed by atoms with Crippen molar-refractivity contribution in [2.75, 3.05) is 16.8 Å². The number of nitrogens with zero attached hydrogens (tertiary/aromatic N) is 3. The Morgan fingerprint density at radius 1 is 1.41 bits per heavy atom. The summed E-state index contributed by atoms with van der Waals surface area (Å²) in [5.41, 5.74) is 1.37. The molecule has 1 aromatic rings. The Kier molecular flexibility index (Phi) is 3.19. The van der Waals surface area contributed by atoms with Gasteiger partial charge in [-0.15, -0.1) is 0 Å². The molecule has 17 heavy (non-hydrogen) atoms. The molecule has 6 heteroatoms. The first kappa shape index (κ1) is 12.1. The predicted octanol–water partition coefficient (Wildman–Crippen LogP) is 2.00. The van der Waals surface area contributed by atoms with Gasteiger partial charge in [0.25, 0.3) is 0 Å². The third-order valence-electron chi connectivity index (χ3n) is 2.78. The maximum Gasteiger partial charge on any atom is 0.226 e. The van der Waals surface area contributed by atoms with Crippen LogP contribution >= 0.6 is 11.6 Å². The summed E-state index contributed by atoms with van der Waals surface area (Å²) < 4.78 is 0. The monoisotopic (exact) mass is 254 g/mol. The third-order valence-corrected chi connectivity index (χ3v) is 2.95. The van der Waals surface area contributed by atoms with Crippen LogP contribution in [0.2, 0.25) is 5.28 Å². The van der Waals surface area contributed by atoms with E-state index in [2.05, 4.69) is 34.0 Å². The average Bonchev–Trinajstić information content (AvgIpc) is 2.37. The SMILES string of the molecule is Cc1nc(Cl)nc2c1NC(=O)CCN2C(C)C. The van der Waals surface area contributed by atoms with Gasteiger partial charge in [0.1, 0.15) is 5.69 Å². The number of hydrogen-bond donors (Lipinski definition) is 1. The molecule has 0 saturated carbocycles. The highest BCUT2D eigenvalue weighted by Crippen LogP contribution is 2.31. The quantitative estimate of drug-likeness (QED) is 0.779. The van der Waals surface area contributed by atoms with E-state index >= 15 is 0 Å². The summed E-state index contributed by atoms with van der Waals surface area (Å²) in [7, 11) is 0. The molecule has 0 atom stereocenters. The van der Waals surface area contributed by atoms with Crippen LogP contribution in [0.15, 0.2) is 0 Å². The van der Waals surface area contributed by atoms with Crippen LogP contribution in [0.25, 0.3) is 0 Å². The lowest BCUT2D eigenvalue weighted by Gasteiger charge is -2.27. The number of anilines is 2. The molecular formula is C11H15ClN4O. The molecule has 92 valence electrons. The van der Waals surface area contributed by atoms with E-state index in [9.17, 15) is 4.79 Å². The highest BCUT2D eigenvalue weighted by molar-refractivity contribution is 6.28. The molecule has 0 saturated heterocycles. The summed E-state index contributed by atoms with van der Waals surface area (Å²) in [5.74, 6) is 0.701. The van der Waals surface area contributed by atoms with Gasteiger partial charge < -0.3 is 10.2 Å². The average molecular weight is 255 g/mol. The smallest absolute Gasteiger partial charge is 0.226 e. The molecule has 1 aliphatic rings. The summed E-state index contributed by atoms with van der Waals surface area (Å²) in [6, 6.07) is 0.256. The van der Waals surface area contributed by atoms with Crippen molar-refractivity contribution in [2.45, 2.75) is 33.2 Å². The lowest BCUT2D eigenvalue weighted by Crippen LogP contribution is -2.32. The van der Waals surface area contributed by atoms with Crippen molar-refractivity contribution < 1.29 is 4.79 Å². The highest BCUT2D eigenvalue weighted by Gasteiger charge is 2.24. The molecule has 0 fully saturated rings. The Morgan fingerprint density at radius 3 is 2.76 bits per heavy atom. The highest BCUT2D eigenvalue weighted by atomic mass is 35.5. The van der Waals surface area contributed by atoms with Crippen LogP contribution in [0.3, 0.4) is 0 Å². The molecular weight excluding hydrogens is 240 g/mol. The molecule has 2 heterocycles. The van der Waals surface area contributed by atoms with E-state index in [1.165, 1.54) is 0 Å². The minimum atomic E-state index is -0.0107. The zero-order valence-electron chi connectivity index (χ0n) is 10.1. The van der Waals surface area contributed by atoms with Crippen molar-refractivity contribution in [3.05, 3.63) is 11.0 Å². The van der Waals surface area contributed by atoms with E-state index in [4.69, 9.17) is 11.6 Å². The van der Waals surface area contributed by atoms with Gasteiger partial charge in [-0.05, 0) is 32.4 Å². The molecule has 0 radical (unpaired) electrons. The first-order chi connectivity index (χ1) is 7.99. The van der Waals surface area contributed by atoms with E-state index in [-0.39, 0.29) is 17.2 Å². The van der Waals surface area contributed by atoms with Gasteiger partial charge >= 0.3 is 0 Å². The predicted molar refractivity (Wildman–Crippen MR) is 67.5 cm³/mol. The number of aryl methyl sites for hydroxylation is 1. The summed E-state index contributed by atoms with van der Waals surface area (Å²) in [6.45, 7) is 6.58. The molecule has 1 amide bonds. The van der Waals surface area contributed by atoms with Crippen LogP contribution in [0.4, 0.5) is 11.5 Å². The van der Waals surface area contributed by atoms with Crippen LogP contribution < -0.4 is 10.2 Å². The van der Waals surface area contributed by atoms with Crippen LogP contribution in [-0.4, -0.2) is 28.5 Å². The number of carbonyl (C=O) groups is 1. The molecule has 1 aliphatic heterocycles. The number of amides is 1.